The number of hydrogen-bond acceptors (Lipinski definition) is 3. The van der Waals surface area contributed by atoms with Crippen molar-refractivity contribution >= 4 is 17.6 Å². The Labute approximate surface area is 106 Å². The largest absolute Gasteiger partial charge is 0.480 e. The number of hydrogen-bond donors (Lipinski definition) is 3. The molecule has 0 saturated carbocycles. The van der Waals surface area contributed by atoms with E-state index in [0.717, 1.165) is 5.56 Å². The molecule has 98 valence electrons. The number of nitrogen functional groups attached to an aromatic ring is 1. The number of carbonyl (C=O) groups is 2. The number of aryl methyl sites for hydroxylation is 1. The van der Waals surface area contributed by atoms with E-state index in [1.165, 1.54) is 0 Å². The summed E-state index contributed by atoms with van der Waals surface area (Å²) >= 11 is 0. The zero-order valence-corrected chi connectivity index (χ0v) is 10.3. The molecule has 1 atom stereocenters. The molecule has 1 aromatic rings. The summed E-state index contributed by atoms with van der Waals surface area (Å²) in [5, 5.41) is 11.3. The molecule has 0 aromatic heterocycles. The highest BCUT2D eigenvalue weighted by Gasteiger charge is 2.16. The lowest BCUT2D eigenvalue weighted by molar-refractivity contribution is -0.141. The molecule has 5 heteroatoms. The van der Waals surface area contributed by atoms with Crippen LogP contribution in [0.25, 0.3) is 0 Å². The molecule has 0 aliphatic carbocycles. The van der Waals surface area contributed by atoms with E-state index in [1.54, 1.807) is 13.0 Å². The lowest BCUT2D eigenvalue weighted by atomic mass is 10.1. The summed E-state index contributed by atoms with van der Waals surface area (Å²) in [5.41, 5.74) is 7.25. The van der Waals surface area contributed by atoms with Crippen LogP contribution in [0.3, 0.4) is 0 Å². The normalized spacial score (nSPS) is 11.8. The number of benzene rings is 1. The second-order valence-corrected chi connectivity index (χ2v) is 4.11. The van der Waals surface area contributed by atoms with E-state index in [2.05, 4.69) is 5.32 Å². The van der Waals surface area contributed by atoms with Crippen molar-refractivity contribution < 1.29 is 14.7 Å². The van der Waals surface area contributed by atoms with Gasteiger partial charge in [-0.2, -0.15) is 0 Å². The molecule has 0 saturated heterocycles. The Morgan fingerprint density at radius 3 is 2.72 bits per heavy atom. The van der Waals surface area contributed by atoms with E-state index < -0.39 is 12.0 Å². The summed E-state index contributed by atoms with van der Waals surface area (Å²) < 4.78 is 0. The highest BCUT2D eigenvalue weighted by molar-refractivity contribution is 5.83. The minimum Gasteiger partial charge on any atom is -0.480 e. The van der Waals surface area contributed by atoms with Gasteiger partial charge in [0.25, 0.3) is 0 Å². The summed E-state index contributed by atoms with van der Waals surface area (Å²) in [4.78, 5) is 22.3. The number of aliphatic carboxylic acids is 1. The van der Waals surface area contributed by atoms with E-state index in [4.69, 9.17) is 10.8 Å². The average molecular weight is 250 g/mol. The van der Waals surface area contributed by atoms with Crippen molar-refractivity contribution in [2.24, 2.45) is 0 Å². The SMILES string of the molecule is CCC(NC(=O)CCc1cccc(N)c1)C(=O)O. The van der Waals surface area contributed by atoms with Crippen LogP contribution < -0.4 is 11.1 Å². The number of carboxylic acids is 1. The Hall–Kier alpha value is -2.04. The number of amides is 1. The first-order valence-electron chi connectivity index (χ1n) is 5.89. The van der Waals surface area contributed by atoms with Crippen LogP contribution in [0.2, 0.25) is 0 Å². The van der Waals surface area contributed by atoms with Crippen molar-refractivity contribution in [3.8, 4) is 0 Å². The number of anilines is 1. The molecule has 4 N–H and O–H groups in total. The number of nitrogens with one attached hydrogen (secondary N) is 1. The molecule has 0 fully saturated rings. The van der Waals surface area contributed by atoms with Crippen molar-refractivity contribution in [2.75, 3.05) is 5.73 Å². The van der Waals surface area contributed by atoms with Crippen molar-refractivity contribution in [3.05, 3.63) is 29.8 Å². The number of carbonyl (C=O) groups excluding carboxylic acids is 1. The number of carboxylic acid groups (broad SMARTS) is 1. The average Bonchev–Trinajstić information content (AvgIpc) is 2.33. The van der Waals surface area contributed by atoms with Gasteiger partial charge in [0.05, 0.1) is 0 Å². The molecule has 0 bridgehead atoms. The molecule has 0 aliphatic heterocycles. The lowest BCUT2D eigenvalue weighted by Gasteiger charge is -2.12. The summed E-state index contributed by atoms with van der Waals surface area (Å²) in [6, 6.07) is 6.49. The molecular weight excluding hydrogens is 232 g/mol. The molecule has 0 heterocycles. The first-order valence-corrected chi connectivity index (χ1v) is 5.89. The Morgan fingerprint density at radius 1 is 1.44 bits per heavy atom. The van der Waals surface area contributed by atoms with Gasteiger partial charge in [0.2, 0.25) is 5.91 Å². The Morgan fingerprint density at radius 2 is 2.17 bits per heavy atom. The van der Waals surface area contributed by atoms with Crippen molar-refractivity contribution in [2.45, 2.75) is 32.2 Å². The van der Waals surface area contributed by atoms with Crippen LogP contribution in [0, 0.1) is 0 Å². The third kappa shape index (κ3) is 4.45. The fourth-order valence-electron chi connectivity index (χ4n) is 1.61. The third-order valence-corrected chi connectivity index (χ3v) is 2.63. The maximum absolute atomic E-state index is 11.6. The van der Waals surface area contributed by atoms with E-state index >= 15 is 0 Å². The second-order valence-electron chi connectivity index (χ2n) is 4.11. The summed E-state index contributed by atoms with van der Waals surface area (Å²) in [5.74, 6) is -1.26. The van der Waals surface area contributed by atoms with E-state index in [0.29, 0.717) is 18.5 Å². The smallest absolute Gasteiger partial charge is 0.326 e. The Balaban J connectivity index is 2.44. The quantitative estimate of drug-likeness (QED) is 0.661. The van der Waals surface area contributed by atoms with Gasteiger partial charge < -0.3 is 16.2 Å². The summed E-state index contributed by atoms with van der Waals surface area (Å²) in [6.45, 7) is 1.72. The highest BCUT2D eigenvalue weighted by Crippen LogP contribution is 2.08. The zero-order chi connectivity index (χ0) is 13.5. The van der Waals surface area contributed by atoms with E-state index in [1.807, 2.05) is 18.2 Å². The van der Waals surface area contributed by atoms with Gasteiger partial charge in [-0.1, -0.05) is 19.1 Å². The number of rotatable bonds is 6. The molecule has 0 aliphatic rings. The van der Waals surface area contributed by atoms with Crippen LogP contribution in [0.1, 0.15) is 25.3 Å². The monoisotopic (exact) mass is 250 g/mol. The minimum atomic E-state index is -1.00. The molecule has 1 rings (SSSR count). The highest BCUT2D eigenvalue weighted by atomic mass is 16.4. The molecule has 0 spiro atoms. The van der Waals surface area contributed by atoms with Gasteiger partial charge in [0.15, 0.2) is 0 Å². The van der Waals surface area contributed by atoms with Gasteiger partial charge in [0.1, 0.15) is 6.04 Å². The maximum atomic E-state index is 11.6. The molecule has 1 aromatic carbocycles. The van der Waals surface area contributed by atoms with Gasteiger partial charge in [-0.3, -0.25) is 4.79 Å². The van der Waals surface area contributed by atoms with Crippen molar-refractivity contribution in [1.29, 1.82) is 0 Å². The van der Waals surface area contributed by atoms with Crippen LogP contribution >= 0.6 is 0 Å². The maximum Gasteiger partial charge on any atom is 0.326 e. The fourth-order valence-corrected chi connectivity index (χ4v) is 1.61. The van der Waals surface area contributed by atoms with Crippen molar-refractivity contribution in [3.63, 3.8) is 0 Å². The van der Waals surface area contributed by atoms with Gasteiger partial charge >= 0.3 is 5.97 Å². The third-order valence-electron chi connectivity index (χ3n) is 2.63. The predicted molar refractivity (Wildman–Crippen MR) is 69.0 cm³/mol. The first kappa shape index (κ1) is 14.0. The van der Waals surface area contributed by atoms with Crippen LogP contribution in [0.5, 0.6) is 0 Å². The Kier molecular flexibility index (Phi) is 5.17. The van der Waals surface area contributed by atoms with Gasteiger partial charge in [0, 0.05) is 12.1 Å². The lowest BCUT2D eigenvalue weighted by Crippen LogP contribution is -2.40. The second kappa shape index (κ2) is 6.64. The fraction of sp³-hybridized carbons (Fsp3) is 0.385. The first-order chi connectivity index (χ1) is 8.52. The summed E-state index contributed by atoms with van der Waals surface area (Å²) in [7, 11) is 0. The van der Waals surface area contributed by atoms with Gasteiger partial charge in [-0.25, -0.2) is 4.79 Å². The molecular formula is C13H18N2O3. The predicted octanol–water partition coefficient (Wildman–Crippen LogP) is 1.18. The van der Waals surface area contributed by atoms with Gasteiger partial charge in [-0.05, 0) is 30.5 Å². The molecule has 1 unspecified atom stereocenters. The molecule has 0 radical (unpaired) electrons. The Bertz CT molecular complexity index is 432. The van der Waals surface area contributed by atoms with Gasteiger partial charge in [-0.15, -0.1) is 0 Å². The topological polar surface area (TPSA) is 92.4 Å². The van der Waals surface area contributed by atoms with Crippen LogP contribution in [0.4, 0.5) is 5.69 Å². The van der Waals surface area contributed by atoms with Crippen molar-refractivity contribution in [1.82, 2.24) is 5.32 Å². The van der Waals surface area contributed by atoms with Crippen LogP contribution in [-0.2, 0) is 16.0 Å². The van der Waals surface area contributed by atoms with Crippen LogP contribution in [-0.4, -0.2) is 23.0 Å². The molecule has 5 nitrogen and oxygen atoms in total. The standard InChI is InChI=1S/C13H18N2O3/c1-2-11(13(17)18)15-12(16)7-6-9-4-3-5-10(14)8-9/h3-5,8,11H,2,6-7,14H2,1H3,(H,15,16)(H,17,18). The van der Waals surface area contributed by atoms with E-state index in [-0.39, 0.29) is 12.3 Å². The zero-order valence-electron chi connectivity index (χ0n) is 10.3. The summed E-state index contributed by atoms with van der Waals surface area (Å²) in [6.07, 6.45) is 1.18. The van der Waals surface area contributed by atoms with Crippen LogP contribution in [0.15, 0.2) is 24.3 Å². The molecule has 18 heavy (non-hydrogen) atoms. The molecule has 1 amide bonds. The number of nitrogens with two attached hydrogens (primary N) is 1. The van der Waals surface area contributed by atoms with E-state index in [9.17, 15) is 9.59 Å². The minimum absolute atomic E-state index is 0.257.